The summed E-state index contributed by atoms with van der Waals surface area (Å²) < 4.78 is 0. The van der Waals surface area contributed by atoms with Crippen LogP contribution in [0.2, 0.25) is 0 Å². The minimum absolute atomic E-state index is 0.0699. The highest BCUT2D eigenvalue weighted by Crippen LogP contribution is 2.25. The Bertz CT molecular complexity index is 645. The molecule has 3 aliphatic rings. The van der Waals surface area contributed by atoms with Gasteiger partial charge in [0.2, 0.25) is 11.8 Å². The van der Waals surface area contributed by atoms with Crippen molar-refractivity contribution in [3.05, 3.63) is 35.4 Å². The molecule has 0 radical (unpaired) electrons. The molecule has 24 heavy (non-hydrogen) atoms. The average molecular weight is 345 g/mol. The minimum atomic E-state index is -0.185. The quantitative estimate of drug-likeness (QED) is 0.872. The number of hydrogen-bond acceptors (Lipinski definition) is 4. The van der Waals surface area contributed by atoms with Crippen LogP contribution in [0.15, 0.2) is 24.3 Å². The smallest absolute Gasteiger partial charge is 0.240 e. The Morgan fingerprint density at radius 2 is 1.92 bits per heavy atom. The average Bonchev–Trinajstić information content (AvgIpc) is 3.32. The molecule has 2 saturated heterocycles. The first-order valence-corrected chi connectivity index (χ1v) is 9.83. The van der Waals surface area contributed by atoms with Crippen LogP contribution in [0.5, 0.6) is 0 Å². The molecule has 0 bridgehead atoms. The van der Waals surface area contributed by atoms with Gasteiger partial charge >= 0.3 is 0 Å². The zero-order valence-electron chi connectivity index (χ0n) is 13.7. The molecule has 6 heteroatoms. The molecule has 0 unspecified atom stereocenters. The molecule has 0 spiro atoms. The van der Waals surface area contributed by atoms with Gasteiger partial charge in [0.15, 0.2) is 0 Å². The lowest BCUT2D eigenvalue weighted by Gasteiger charge is -2.30. The third-order valence-electron chi connectivity index (χ3n) is 5.28. The number of nitrogens with zero attached hydrogens (tertiary/aromatic N) is 2. The highest BCUT2D eigenvalue weighted by atomic mass is 32.2. The van der Waals surface area contributed by atoms with Crippen LogP contribution < -0.4 is 5.32 Å². The molecule has 1 N–H and O–H groups in total. The number of hydrogen-bond donors (Lipinski definition) is 1. The highest BCUT2D eigenvalue weighted by Gasteiger charge is 2.38. The second-order valence-electron chi connectivity index (χ2n) is 6.81. The Morgan fingerprint density at radius 1 is 1.08 bits per heavy atom. The third-order valence-corrected chi connectivity index (χ3v) is 6.25. The van der Waals surface area contributed by atoms with Crippen molar-refractivity contribution in [3.63, 3.8) is 0 Å². The number of thioether (sulfide) groups is 1. The van der Waals surface area contributed by atoms with Gasteiger partial charge < -0.3 is 15.1 Å². The predicted molar refractivity (Wildman–Crippen MR) is 94.5 cm³/mol. The van der Waals surface area contributed by atoms with E-state index in [0.29, 0.717) is 19.5 Å². The van der Waals surface area contributed by atoms with Crippen molar-refractivity contribution in [1.82, 2.24) is 15.1 Å². The molecule has 0 saturated carbocycles. The van der Waals surface area contributed by atoms with Crippen LogP contribution in [0.25, 0.3) is 0 Å². The lowest BCUT2D eigenvalue weighted by atomic mass is 9.97. The first-order valence-electron chi connectivity index (χ1n) is 8.68. The molecule has 0 aliphatic carbocycles. The van der Waals surface area contributed by atoms with E-state index in [1.807, 2.05) is 15.9 Å². The van der Waals surface area contributed by atoms with Gasteiger partial charge in [0.05, 0.1) is 17.8 Å². The summed E-state index contributed by atoms with van der Waals surface area (Å²) in [5.41, 5.74) is 2.61. The number of rotatable bonds is 2. The van der Waals surface area contributed by atoms with Crippen molar-refractivity contribution < 1.29 is 9.59 Å². The Kier molecular flexibility index (Phi) is 4.50. The molecule has 3 heterocycles. The molecule has 2 fully saturated rings. The van der Waals surface area contributed by atoms with Crippen LogP contribution >= 0.6 is 11.8 Å². The number of carbonyl (C=O) groups excluding carboxylic acids is 2. The van der Waals surface area contributed by atoms with E-state index in [0.717, 1.165) is 31.1 Å². The predicted octanol–water partition coefficient (Wildman–Crippen LogP) is 1.08. The summed E-state index contributed by atoms with van der Waals surface area (Å²) in [5.74, 6) is 2.11. The molecule has 1 aromatic rings. The minimum Gasteiger partial charge on any atom is -0.338 e. The summed E-state index contributed by atoms with van der Waals surface area (Å²) in [6.45, 7) is 2.94. The summed E-state index contributed by atoms with van der Waals surface area (Å²) in [7, 11) is 0. The number of benzene rings is 1. The van der Waals surface area contributed by atoms with Crippen molar-refractivity contribution in [2.45, 2.75) is 25.4 Å². The van der Waals surface area contributed by atoms with Crippen LogP contribution in [-0.4, -0.2) is 58.9 Å². The Labute approximate surface area is 146 Å². The second kappa shape index (κ2) is 6.76. The lowest BCUT2D eigenvalue weighted by molar-refractivity contribution is -0.136. The summed E-state index contributed by atoms with van der Waals surface area (Å²) in [5, 5.41) is 3.27. The van der Waals surface area contributed by atoms with Gasteiger partial charge in [-0.15, -0.1) is 11.8 Å². The SMILES string of the molecule is O=C([C@@H]1CN[C@H](C(=O)N2CCSC2)C1)N1CCc2ccccc2C1. The molecule has 1 aromatic carbocycles. The van der Waals surface area contributed by atoms with E-state index in [9.17, 15) is 9.59 Å². The van der Waals surface area contributed by atoms with Crippen LogP contribution in [0.1, 0.15) is 17.5 Å². The van der Waals surface area contributed by atoms with E-state index in [1.54, 1.807) is 11.8 Å². The molecule has 4 rings (SSSR count). The van der Waals surface area contributed by atoms with Gasteiger partial charge in [0.1, 0.15) is 0 Å². The van der Waals surface area contributed by atoms with Gasteiger partial charge in [-0.2, -0.15) is 0 Å². The second-order valence-corrected chi connectivity index (χ2v) is 7.89. The zero-order valence-corrected chi connectivity index (χ0v) is 14.6. The number of amides is 2. The van der Waals surface area contributed by atoms with Crippen LogP contribution in [0, 0.1) is 5.92 Å². The maximum atomic E-state index is 12.9. The first-order chi connectivity index (χ1) is 11.7. The molecule has 2 amide bonds. The summed E-state index contributed by atoms with van der Waals surface area (Å²) in [4.78, 5) is 29.2. The molecule has 2 atom stereocenters. The van der Waals surface area contributed by atoms with Crippen LogP contribution in [0.4, 0.5) is 0 Å². The number of nitrogens with one attached hydrogen (secondary N) is 1. The summed E-state index contributed by atoms with van der Waals surface area (Å²) >= 11 is 1.79. The topological polar surface area (TPSA) is 52.7 Å². The standard InChI is InChI=1S/C18H23N3O2S/c22-17(20-6-5-13-3-1-2-4-14(13)11-20)15-9-16(19-10-15)18(23)21-7-8-24-12-21/h1-4,15-16,19H,5-12H2/t15-,16-/m0/s1. The zero-order chi connectivity index (χ0) is 16.5. The highest BCUT2D eigenvalue weighted by molar-refractivity contribution is 7.99. The Balaban J connectivity index is 1.37. The summed E-state index contributed by atoms with van der Waals surface area (Å²) in [6.07, 6.45) is 1.56. The van der Waals surface area contributed by atoms with Gasteiger partial charge in [-0.25, -0.2) is 0 Å². The van der Waals surface area contributed by atoms with E-state index < -0.39 is 0 Å². The fourth-order valence-corrected chi connectivity index (χ4v) is 4.82. The van der Waals surface area contributed by atoms with Crippen LogP contribution in [0.3, 0.4) is 0 Å². The van der Waals surface area contributed by atoms with Gasteiger partial charge in [0.25, 0.3) is 0 Å². The van der Waals surface area contributed by atoms with E-state index in [4.69, 9.17) is 0 Å². The van der Waals surface area contributed by atoms with Crippen molar-refractivity contribution in [1.29, 1.82) is 0 Å². The van der Waals surface area contributed by atoms with Gasteiger partial charge in [-0.05, 0) is 24.0 Å². The van der Waals surface area contributed by atoms with Crippen molar-refractivity contribution >= 4 is 23.6 Å². The monoisotopic (exact) mass is 345 g/mol. The summed E-state index contributed by atoms with van der Waals surface area (Å²) in [6, 6.07) is 8.17. The Hall–Kier alpha value is -1.53. The van der Waals surface area contributed by atoms with Gasteiger partial charge in [-0.3, -0.25) is 9.59 Å². The lowest BCUT2D eigenvalue weighted by Crippen LogP contribution is -2.42. The van der Waals surface area contributed by atoms with Crippen molar-refractivity contribution in [3.8, 4) is 0 Å². The van der Waals surface area contributed by atoms with Crippen LogP contribution in [-0.2, 0) is 22.6 Å². The molecule has 0 aromatic heterocycles. The van der Waals surface area contributed by atoms with E-state index >= 15 is 0 Å². The third kappa shape index (κ3) is 3.05. The van der Waals surface area contributed by atoms with Crippen molar-refractivity contribution in [2.24, 2.45) is 5.92 Å². The molecule has 5 nitrogen and oxygen atoms in total. The van der Waals surface area contributed by atoms with Crippen molar-refractivity contribution in [2.75, 3.05) is 31.3 Å². The Morgan fingerprint density at radius 3 is 2.71 bits per heavy atom. The first kappa shape index (κ1) is 16.0. The fraction of sp³-hybridized carbons (Fsp3) is 0.556. The maximum Gasteiger partial charge on any atom is 0.240 e. The molecule has 128 valence electrons. The largest absolute Gasteiger partial charge is 0.338 e. The molecular formula is C18H23N3O2S. The maximum absolute atomic E-state index is 12.9. The molecular weight excluding hydrogens is 322 g/mol. The van der Waals surface area contributed by atoms with E-state index in [-0.39, 0.29) is 23.8 Å². The fourth-order valence-electron chi connectivity index (χ4n) is 3.86. The van der Waals surface area contributed by atoms with Gasteiger partial charge in [0, 0.05) is 31.9 Å². The normalized spacial score (nSPS) is 26.5. The van der Waals surface area contributed by atoms with E-state index in [2.05, 4.69) is 23.5 Å². The number of carbonyl (C=O) groups is 2. The number of fused-ring (bicyclic) bond motifs is 1. The van der Waals surface area contributed by atoms with E-state index in [1.165, 1.54) is 11.1 Å². The van der Waals surface area contributed by atoms with Gasteiger partial charge in [-0.1, -0.05) is 24.3 Å². The molecule has 3 aliphatic heterocycles.